The van der Waals surface area contributed by atoms with E-state index >= 15 is 0 Å². The van der Waals surface area contributed by atoms with Gasteiger partial charge >= 0.3 is 0 Å². The highest BCUT2D eigenvalue weighted by molar-refractivity contribution is 5.94. The molecular weight excluding hydrogens is 296 g/mol. The van der Waals surface area contributed by atoms with Gasteiger partial charge in [0.2, 0.25) is 5.91 Å². The predicted molar refractivity (Wildman–Crippen MR) is 101 cm³/mol. The number of rotatable bonds is 5. The summed E-state index contributed by atoms with van der Waals surface area (Å²) in [5.74, 6) is 0.123. The average molecular weight is 320 g/mol. The summed E-state index contributed by atoms with van der Waals surface area (Å²) in [6, 6.07) is 18.6. The molecule has 0 fully saturated rings. The zero-order chi connectivity index (χ0) is 17.1. The number of amides is 1. The van der Waals surface area contributed by atoms with Crippen molar-refractivity contribution in [1.29, 1.82) is 0 Å². The highest BCUT2D eigenvalue weighted by Gasteiger charge is 2.17. The smallest absolute Gasteiger partial charge is 0.246 e. The lowest BCUT2D eigenvalue weighted by atomic mass is 10.2. The van der Waals surface area contributed by atoms with Crippen LogP contribution >= 0.6 is 0 Å². The number of anilines is 1. The Morgan fingerprint density at radius 2 is 1.75 bits per heavy atom. The number of likely N-dealkylation sites (N-methyl/N-ethyl adjacent to an activating group) is 1. The first-order chi connectivity index (χ1) is 11.6. The number of benzene rings is 2. The van der Waals surface area contributed by atoms with Gasteiger partial charge in [0, 0.05) is 23.4 Å². The van der Waals surface area contributed by atoms with Crippen LogP contribution in [0.15, 0.2) is 54.6 Å². The number of para-hydroxylation sites is 1. The van der Waals surface area contributed by atoms with Gasteiger partial charge < -0.3 is 9.47 Å². The molecule has 0 atom stereocenters. The van der Waals surface area contributed by atoms with Gasteiger partial charge in [0.1, 0.15) is 6.54 Å². The topological polar surface area (TPSA) is 25.2 Å². The Morgan fingerprint density at radius 3 is 2.42 bits per heavy atom. The highest BCUT2D eigenvalue weighted by Crippen LogP contribution is 2.22. The highest BCUT2D eigenvalue weighted by atomic mass is 16.2. The van der Waals surface area contributed by atoms with Gasteiger partial charge in [-0.05, 0) is 49.9 Å². The first-order valence-electron chi connectivity index (χ1n) is 8.58. The monoisotopic (exact) mass is 320 g/mol. The van der Waals surface area contributed by atoms with E-state index in [1.807, 2.05) is 48.2 Å². The fraction of sp³-hybridized carbons (Fsp3) is 0.286. The molecule has 3 nitrogen and oxygen atoms in total. The first kappa shape index (κ1) is 16.3. The molecular formula is C21H24N2O. The molecule has 0 radical (unpaired) electrons. The summed E-state index contributed by atoms with van der Waals surface area (Å²) >= 11 is 0. The molecule has 0 spiro atoms. The standard InChI is InChI=1S/C21H24N2O/c1-4-18-14-17-8-6-7-9-20(17)23(18)15-21(24)22(5-2)19-12-10-16(3)11-13-19/h6-14H,4-5,15H2,1-3H3. The Morgan fingerprint density at radius 1 is 1.04 bits per heavy atom. The third-order valence-electron chi connectivity index (χ3n) is 4.51. The van der Waals surface area contributed by atoms with Gasteiger partial charge in [-0.3, -0.25) is 4.79 Å². The molecule has 0 aliphatic heterocycles. The van der Waals surface area contributed by atoms with E-state index in [1.54, 1.807) is 0 Å². The van der Waals surface area contributed by atoms with Crippen molar-refractivity contribution in [3.63, 3.8) is 0 Å². The molecule has 1 aromatic heterocycles. The number of carbonyl (C=O) groups is 1. The van der Waals surface area contributed by atoms with Crippen LogP contribution in [-0.2, 0) is 17.8 Å². The lowest BCUT2D eigenvalue weighted by molar-refractivity contribution is -0.119. The van der Waals surface area contributed by atoms with Crippen LogP contribution in [0.4, 0.5) is 5.69 Å². The zero-order valence-electron chi connectivity index (χ0n) is 14.6. The van der Waals surface area contributed by atoms with E-state index < -0.39 is 0 Å². The molecule has 0 saturated heterocycles. The molecule has 24 heavy (non-hydrogen) atoms. The summed E-state index contributed by atoms with van der Waals surface area (Å²) in [5.41, 5.74) is 4.49. The van der Waals surface area contributed by atoms with E-state index in [-0.39, 0.29) is 5.91 Å². The second kappa shape index (κ2) is 6.91. The van der Waals surface area contributed by atoms with Crippen molar-refractivity contribution in [2.24, 2.45) is 0 Å². The molecule has 3 heteroatoms. The van der Waals surface area contributed by atoms with E-state index in [0.717, 1.165) is 17.6 Å². The maximum Gasteiger partial charge on any atom is 0.246 e. The first-order valence-corrected chi connectivity index (χ1v) is 8.58. The van der Waals surface area contributed by atoms with E-state index in [4.69, 9.17) is 0 Å². The molecule has 3 rings (SSSR count). The lowest BCUT2D eigenvalue weighted by Crippen LogP contribution is -2.34. The Bertz CT molecular complexity index is 846. The van der Waals surface area contributed by atoms with Crippen LogP contribution in [-0.4, -0.2) is 17.0 Å². The fourth-order valence-electron chi connectivity index (χ4n) is 3.20. The van der Waals surface area contributed by atoms with Gasteiger partial charge in [-0.2, -0.15) is 0 Å². The van der Waals surface area contributed by atoms with Gasteiger partial charge in [-0.25, -0.2) is 0 Å². The minimum absolute atomic E-state index is 0.123. The molecule has 2 aromatic carbocycles. The Kier molecular flexibility index (Phi) is 4.70. The molecule has 0 aliphatic rings. The second-order valence-electron chi connectivity index (χ2n) is 6.11. The van der Waals surface area contributed by atoms with E-state index in [2.05, 4.69) is 36.6 Å². The van der Waals surface area contributed by atoms with Crippen LogP contribution in [0.1, 0.15) is 25.1 Å². The van der Waals surface area contributed by atoms with Crippen LogP contribution in [0.25, 0.3) is 10.9 Å². The molecule has 1 heterocycles. The van der Waals surface area contributed by atoms with Crippen LogP contribution in [0.2, 0.25) is 0 Å². The maximum atomic E-state index is 12.9. The fourth-order valence-corrected chi connectivity index (χ4v) is 3.20. The average Bonchev–Trinajstić information content (AvgIpc) is 2.95. The molecule has 0 N–H and O–H groups in total. The third-order valence-corrected chi connectivity index (χ3v) is 4.51. The van der Waals surface area contributed by atoms with Crippen LogP contribution in [0.3, 0.4) is 0 Å². The Balaban J connectivity index is 1.92. The van der Waals surface area contributed by atoms with E-state index in [9.17, 15) is 4.79 Å². The quantitative estimate of drug-likeness (QED) is 0.676. The van der Waals surface area contributed by atoms with Crippen molar-refractivity contribution in [1.82, 2.24) is 4.57 Å². The largest absolute Gasteiger partial charge is 0.335 e. The third kappa shape index (κ3) is 3.07. The van der Waals surface area contributed by atoms with E-state index in [1.165, 1.54) is 16.6 Å². The molecule has 0 saturated carbocycles. The van der Waals surface area contributed by atoms with Crippen LogP contribution in [0, 0.1) is 6.92 Å². The normalized spacial score (nSPS) is 11.0. The number of hydrogen-bond acceptors (Lipinski definition) is 1. The van der Waals surface area contributed by atoms with Gasteiger partial charge in [0.15, 0.2) is 0 Å². The minimum Gasteiger partial charge on any atom is -0.335 e. The zero-order valence-corrected chi connectivity index (χ0v) is 14.6. The van der Waals surface area contributed by atoms with Gasteiger partial charge in [-0.1, -0.05) is 42.8 Å². The molecule has 124 valence electrons. The number of nitrogens with zero attached hydrogens (tertiary/aromatic N) is 2. The number of aromatic nitrogens is 1. The summed E-state index contributed by atoms with van der Waals surface area (Å²) in [6.45, 7) is 7.25. The molecule has 0 bridgehead atoms. The van der Waals surface area contributed by atoms with Crippen molar-refractivity contribution >= 4 is 22.5 Å². The number of hydrogen-bond donors (Lipinski definition) is 0. The number of carbonyl (C=O) groups excluding carboxylic acids is 1. The predicted octanol–water partition coefficient (Wildman–Crippen LogP) is 4.57. The van der Waals surface area contributed by atoms with Crippen molar-refractivity contribution in [2.75, 3.05) is 11.4 Å². The van der Waals surface area contributed by atoms with Crippen molar-refractivity contribution < 1.29 is 4.79 Å². The summed E-state index contributed by atoms with van der Waals surface area (Å²) in [6.07, 6.45) is 0.915. The number of fused-ring (bicyclic) bond motifs is 1. The maximum absolute atomic E-state index is 12.9. The molecule has 0 unspecified atom stereocenters. The molecule has 1 amide bonds. The van der Waals surface area contributed by atoms with Crippen molar-refractivity contribution in [3.05, 3.63) is 65.9 Å². The lowest BCUT2D eigenvalue weighted by Gasteiger charge is -2.22. The summed E-state index contributed by atoms with van der Waals surface area (Å²) < 4.78 is 2.15. The van der Waals surface area contributed by atoms with Crippen molar-refractivity contribution in [3.8, 4) is 0 Å². The Labute approximate surface area is 143 Å². The van der Waals surface area contributed by atoms with Gasteiger partial charge in [0.05, 0.1) is 0 Å². The molecule has 3 aromatic rings. The summed E-state index contributed by atoms with van der Waals surface area (Å²) in [7, 11) is 0. The summed E-state index contributed by atoms with van der Waals surface area (Å²) in [4.78, 5) is 14.8. The van der Waals surface area contributed by atoms with Gasteiger partial charge in [-0.15, -0.1) is 0 Å². The second-order valence-corrected chi connectivity index (χ2v) is 6.11. The SMILES string of the molecule is CCc1cc2ccccc2n1CC(=O)N(CC)c1ccc(C)cc1. The molecule has 0 aliphatic carbocycles. The van der Waals surface area contributed by atoms with Crippen molar-refractivity contribution in [2.45, 2.75) is 33.7 Å². The van der Waals surface area contributed by atoms with Gasteiger partial charge in [0.25, 0.3) is 0 Å². The van der Waals surface area contributed by atoms with Crippen LogP contribution < -0.4 is 4.90 Å². The Hall–Kier alpha value is -2.55. The summed E-state index contributed by atoms with van der Waals surface area (Å²) in [5, 5.41) is 1.19. The minimum atomic E-state index is 0.123. The number of aryl methyl sites for hydroxylation is 2. The van der Waals surface area contributed by atoms with Crippen LogP contribution in [0.5, 0.6) is 0 Å². The van der Waals surface area contributed by atoms with E-state index in [0.29, 0.717) is 13.1 Å².